The van der Waals surface area contributed by atoms with Crippen molar-refractivity contribution >= 4 is 17.7 Å². The minimum Gasteiger partial charge on any atom is -0.374 e. The summed E-state index contributed by atoms with van der Waals surface area (Å²) < 4.78 is 5.82. The van der Waals surface area contributed by atoms with Crippen LogP contribution >= 0.6 is 11.8 Å². The minimum absolute atomic E-state index is 0.0545. The standard InChI is InChI=1S/C21H29N3O2S/c1-15-19(16(2)24-21(23-15)27-4)11-12-20(25)22-13-8-14-26-17(3)18-9-6-5-7-10-18/h5-7,9-10,17H,8,11-14H2,1-4H3,(H,22,25)/t17-/m0/s1. The molecule has 5 nitrogen and oxygen atoms in total. The number of nitrogens with one attached hydrogen (secondary N) is 1. The van der Waals surface area contributed by atoms with E-state index in [1.54, 1.807) is 0 Å². The maximum atomic E-state index is 12.1. The van der Waals surface area contributed by atoms with Gasteiger partial charge < -0.3 is 10.1 Å². The molecule has 0 spiro atoms. The van der Waals surface area contributed by atoms with Crippen LogP contribution in [-0.4, -0.2) is 35.3 Å². The summed E-state index contributed by atoms with van der Waals surface area (Å²) in [5.74, 6) is 0.0545. The highest BCUT2D eigenvalue weighted by Crippen LogP contribution is 2.17. The topological polar surface area (TPSA) is 64.1 Å². The zero-order valence-electron chi connectivity index (χ0n) is 16.6. The number of benzene rings is 1. The Kier molecular flexibility index (Phi) is 8.75. The zero-order chi connectivity index (χ0) is 19.6. The molecule has 1 atom stereocenters. The third-order valence-electron chi connectivity index (χ3n) is 4.46. The molecular formula is C21H29N3O2S. The molecule has 1 N–H and O–H groups in total. The maximum Gasteiger partial charge on any atom is 0.220 e. The molecule has 0 bridgehead atoms. The van der Waals surface area contributed by atoms with E-state index in [1.165, 1.54) is 17.3 Å². The van der Waals surface area contributed by atoms with Gasteiger partial charge in [-0.15, -0.1) is 0 Å². The number of carbonyl (C=O) groups is 1. The average molecular weight is 388 g/mol. The fourth-order valence-corrected chi connectivity index (χ4v) is 3.33. The monoisotopic (exact) mass is 387 g/mol. The lowest BCUT2D eigenvalue weighted by atomic mass is 10.1. The van der Waals surface area contributed by atoms with Crippen LogP contribution in [-0.2, 0) is 16.0 Å². The minimum atomic E-state index is 0.0545. The van der Waals surface area contributed by atoms with E-state index in [4.69, 9.17) is 4.74 Å². The zero-order valence-corrected chi connectivity index (χ0v) is 17.4. The van der Waals surface area contributed by atoms with Crippen molar-refractivity contribution in [3.05, 3.63) is 52.8 Å². The quantitative estimate of drug-likeness (QED) is 0.379. The molecule has 0 radical (unpaired) electrons. The number of ether oxygens (including phenoxy) is 1. The van der Waals surface area contributed by atoms with E-state index < -0.39 is 0 Å². The van der Waals surface area contributed by atoms with E-state index in [9.17, 15) is 4.79 Å². The lowest BCUT2D eigenvalue weighted by Gasteiger charge is -2.13. The summed E-state index contributed by atoms with van der Waals surface area (Å²) >= 11 is 1.53. The van der Waals surface area contributed by atoms with Gasteiger partial charge in [-0.2, -0.15) is 0 Å². The molecule has 0 aliphatic heterocycles. The molecule has 2 rings (SSSR count). The van der Waals surface area contributed by atoms with Crippen molar-refractivity contribution in [2.75, 3.05) is 19.4 Å². The van der Waals surface area contributed by atoms with Crippen LogP contribution in [0.1, 0.15) is 48.4 Å². The first-order valence-electron chi connectivity index (χ1n) is 9.32. The Morgan fingerprint density at radius 3 is 2.48 bits per heavy atom. The molecule has 1 amide bonds. The first-order valence-corrected chi connectivity index (χ1v) is 10.5. The number of hydrogen-bond donors (Lipinski definition) is 1. The molecule has 0 saturated heterocycles. The molecule has 0 fully saturated rings. The summed E-state index contributed by atoms with van der Waals surface area (Å²) in [6.45, 7) is 7.25. The van der Waals surface area contributed by atoms with E-state index in [0.29, 0.717) is 26.0 Å². The fraction of sp³-hybridized carbons (Fsp3) is 0.476. The number of aromatic nitrogens is 2. The van der Waals surface area contributed by atoms with E-state index in [0.717, 1.165) is 28.5 Å². The Labute approximate surface area is 166 Å². The van der Waals surface area contributed by atoms with Gasteiger partial charge in [0.15, 0.2) is 5.16 Å². The molecule has 2 aromatic rings. The van der Waals surface area contributed by atoms with Gasteiger partial charge in [-0.25, -0.2) is 9.97 Å². The Bertz CT molecular complexity index is 714. The molecule has 27 heavy (non-hydrogen) atoms. The van der Waals surface area contributed by atoms with Gasteiger partial charge in [-0.05, 0) is 51.0 Å². The van der Waals surface area contributed by atoms with Crippen LogP contribution in [0.2, 0.25) is 0 Å². The second-order valence-corrected chi connectivity index (χ2v) is 7.26. The highest BCUT2D eigenvalue weighted by molar-refractivity contribution is 7.98. The van der Waals surface area contributed by atoms with E-state index >= 15 is 0 Å². The van der Waals surface area contributed by atoms with Crippen molar-refractivity contribution in [1.82, 2.24) is 15.3 Å². The Balaban J connectivity index is 1.65. The molecule has 6 heteroatoms. The van der Waals surface area contributed by atoms with Gasteiger partial charge in [0.2, 0.25) is 5.91 Å². The van der Waals surface area contributed by atoms with Crippen LogP contribution in [0.5, 0.6) is 0 Å². The summed E-state index contributed by atoms with van der Waals surface area (Å²) in [6.07, 6.45) is 3.94. The van der Waals surface area contributed by atoms with E-state index in [-0.39, 0.29) is 12.0 Å². The first-order chi connectivity index (χ1) is 13.0. The van der Waals surface area contributed by atoms with Crippen LogP contribution in [0.4, 0.5) is 0 Å². The average Bonchev–Trinajstić information content (AvgIpc) is 2.67. The van der Waals surface area contributed by atoms with Crippen molar-refractivity contribution in [3.63, 3.8) is 0 Å². The second-order valence-electron chi connectivity index (χ2n) is 6.49. The third-order valence-corrected chi connectivity index (χ3v) is 5.01. The molecular weight excluding hydrogens is 358 g/mol. The smallest absolute Gasteiger partial charge is 0.220 e. The van der Waals surface area contributed by atoms with E-state index in [2.05, 4.69) is 27.4 Å². The molecule has 0 aliphatic carbocycles. The maximum absolute atomic E-state index is 12.1. The largest absolute Gasteiger partial charge is 0.374 e. The van der Waals surface area contributed by atoms with Gasteiger partial charge in [0, 0.05) is 31.0 Å². The predicted molar refractivity (Wildman–Crippen MR) is 110 cm³/mol. The van der Waals surface area contributed by atoms with Crippen LogP contribution in [0, 0.1) is 13.8 Å². The number of amides is 1. The highest BCUT2D eigenvalue weighted by Gasteiger charge is 2.10. The summed E-state index contributed by atoms with van der Waals surface area (Å²) in [5.41, 5.74) is 4.16. The van der Waals surface area contributed by atoms with Crippen LogP contribution in [0.15, 0.2) is 35.5 Å². The number of carbonyl (C=O) groups excluding carboxylic acids is 1. The second kappa shape index (κ2) is 11.0. The molecule has 1 aromatic heterocycles. The number of nitrogens with zero attached hydrogens (tertiary/aromatic N) is 2. The molecule has 1 heterocycles. The lowest BCUT2D eigenvalue weighted by molar-refractivity contribution is -0.121. The van der Waals surface area contributed by atoms with E-state index in [1.807, 2.05) is 45.2 Å². The van der Waals surface area contributed by atoms with Crippen LogP contribution < -0.4 is 5.32 Å². The molecule has 0 saturated carbocycles. The lowest BCUT2D eigenvalue weighted by Crippen LogP contribution is -2.25. The number of aryl methyl sites for hydroxylation is 2. The fourth-order valence-electron chi connectivity index (χ4n) is 2.87. The van der Waals surface area contributed by atoms with Gasteiger partial charge in [-0.3, -0.25) is 4.79 Å². The molecule has 0 aliphatic rings. The summed E-state index contributed by atoms with van der Waals surface area (Å²) in [5, 5.41) is 3.74. The van der Waals surface area contributed by atoms with Crippen LogP contribution in [0.25, 0.3) is 0 Å². The van der Waals surface area contributed by atoms with Crippen molar-refractivity contribution < 1.29 is 9.53 Å². The number of thioether (sulfide) groups is 1. The Morgan fingerprint density at radius 2 is 1.85 bits per heavy atom. The highest BCUT2D eigenvalue weighted by atomic mass is 32.2. The van der Waals surface area contributed by atoms with Gasteiger partial charge in [0.25, 0.3) is 0 Å². The summed E-state index contributed by atoms with van der Waals surface area (Å²) in [7, 11) is 0. The van der Waals surface area contributed by atoms with Crippen molar-refractivity contribution in [2.24, 2.45) is 0 Å². The van der Waals surface area contributed by atoms with Crippen molar-refractivity contribution in [3.8, 4) is 0 Å². The summed E-state index contributed by atoms with van der Waals surface area (Å²) in [6, 6.07) is 10.1. The SMILES string of the molecule is CSc1nc(C)c(CCC(=O)NCCCO[C@@H](C)c2ccccc2)c(C)n1. The normalized spacial score (nSPS) is 12.0. The third kappa shape index (κ3) is 6.96. The van der Waals surface area contributed by atoms with Gasteiger partial charge >= 0.3 is 0 Å². The Morgan fingerprint density at radius 1 is 1.19 bits per heavy atom. The first kappa shape index (κ1) is 21.4. The van der Waals surface area contributed by atoms with Crippen molar-refractivity contribution in [1.29, 1.82) is 0 Å². The van der Waals surface area contributed by atoms with Crippen molar-refractivity contribution in [2.45, 2.75) is 51.3 Å². The number of hydrogen-bond acceptors (Lipinski definition) is 5. The van der Waals surface area contributed by atoms with Gasteiger partial charge in [0.05, 0.1) is 6.10 Å². The molecule has 0 unspecified atom stereocenters. The van der Waals surface area contributed by atoms with Gasteiger partial charge in [-0.1, -0.05) is 42.1 Å². The van der Waals surface area contributed by atoms with Gasteiger partial charge in [0.1, 0.15) is 0 Å². The molecule has 146 valence electrons. The van der Waals surface area contributed by atoms with Crippen LogP contribution in [0.3, 0.4) is 0 Å². The number of rotatable bonds is 10. The molecule has 1 aromatic carbocycles. The summed E-state index contributed by atoms with van der Waals surface area (Å²) in [4.78, 5) is 21.0. The predicted octanol–water partition coefficient (Wildman–Crippen LogP) is 4.03. The Hall–Kier alpha value is -1.92.